The van der Waals surface area contributed by atoms with Gasteiger partial charge in [0.2, 0.25) is 0 Å². The molecule has 0 aliphatic carbocycles. The third kappa shape index (κ3) is 4.15. The van der Waals surface area contributed by atoms with Crippen LogP contribution in [-0.2, 0) is 12.6 Å². The van der Waals surface area contributed by atoms with Gasteiger partial charge in [-0.25, -0.2) is 0 Å². The van der Waals surface area contributed by atoms with Gasteiger partial charge in [-0.15, -0.1) is 11.6 Å². The van der Waals surface area contributed by atoms with Crippen molar-refractivity contribution in [3.8, 4) is 0 Å². The van der Waals surface area contributed by atoms with Crippen molar-refractivity contribution in [1.29, 1.82) is 0 Å². The number of benzene rings is 2. The van der Waals surface area contributed by atoms with Gasteiger partial charge in [0.25, 0.3) is 0 Å². The van der Waals surface area contributed by atoms with Gasteiger partial charge >= 0.3 is 6.18 Å². The van der Waals surface area contributed by atoms with Gasteiger partial charge in [0.05, 0.1) is 10.9 Å². The van der Waals surface area contributed by atoms with E-state index in [4.69, 9.17) is 23.2 Å². The third-order valence-electron chi connectivity index (χ3n) is 3.02. The average molecular weight is 398 g/mol. The van der Waals surface area contributed by atoms with E-state index < -0.39 is 17.1 Å². The maximum absolute atomic E-state index is 12.8. The molecule has 0 N–H and O–H groups in total. The van der Waals surface area contributed by atoms with Crippen LogP contribution >= 0.6 is 39.1 Å². The van der Waals surface area contributed by atoms with Gasteiger partial charge in [0, 0.05) is 9.50 Å². The topological polar surface area (TPSA) is 0 Å². The normalized spacial score (nSPS) is 13.2. The van der Waals surface area contributed by atoms with E-state index in [1.165, 1.54) is 6.07 Å². The summed E-state index contributed by atoms with van der Waals surface area (Å²) in [5, 5.41) is -0.0622. The molecular weight excluding hydrogens is 388 g/mol. The first-order chi connectivity index (χ1) is 9.79. The standard InChI is InChI=1S/C15H10BrCl2F3/c16-12-6-5-10(15(19,20)21)8-11(12)14(18)7-9-3-1-2-4-13(9)17/h1-6,8,14H,7H2. The fourth-order valence-corrected chi connectivity index (χ4v) is 3.14. The van der Waals surface area contributed by atoms with Crippen LogP contribution in [0.25, 0.3) is 0 Å². The second-order valence-electron chi connectivity index (χ2n) is 4.50. The maximum atomic E-state index is 12.8. The van der Waals surface area contributed by atoms with E-state index in [1.807, 2.05) is 6.07 Å². The maximum Gasteiger partial charge on any atom is 0.416 e. The van der Waals surface area contributed by atoms with Crippen LogP contribution in [0.5, 0.6) is 0 Å². The molecule has 0 amide bonds. The van der Waals surface area contributed by atoms with E-state index in [1.54, 1.807) is 18.2 Å². The third-order valence-corrected chi connectivity index (χ3v) is 4.50. The van der Waals surface area contributed by atoms with E-state index in [2.05, 4.69) is 15.9 Å². The summed E-state index contributed by atoms with van der Waals surface area (Å²) in [6.45, 7) is 0. The smallest absolute Gasteiger partial charge is 0.166 e. The van der Waals surface area contributed by atoms with Gasteiger partial charge in [0.15, 0.2) is 0 Å². The lowest BCUT2D eigenvalue weighted by atomic mass is 10.0. The molecule has 0 saturated heterocycles. The number of alkyl halides is 4. The number of rotatable bonds is 3. The van der Waals surface area contributed by atoms with Gasteiger partial charge in [-0.05, 0) is 41.8 Å². The summed E-state index contributed by atoms with van der Waals surface area (Å²) in [6, 6.07) is 10.6. The molecule has 2 aromatic rings. The molecule has 112 valence electrons. The highest BCUT2D eigenvalue weighted by Crippen LogP contribution is 2.37. The van der Waals surface area contributed by atoms with Crippen molar-refractivity contribution >= 4 is 39.1 Å². The van der Waals surface area contributed by atoms with Crippen molar-refractivity contribution in [1.82, 2.24) is 0 Å². The summed E-state index contributed by atoms with van der Waals surface area (Å²) in [5.74, 6) is 0. The minimum Gasteiger partial charge on any atom is -0.166 e. The van der Waals surface area contributed by atoms with E-state index in [9.17, 15) is 13.2 Å². The van der Waals surface area contributed by atoms with Crippen molar-refractivity contribution in [2.24, 2.45) is 0 Å². The Balaban J connectivity index is 2.31. The molecule has 0 spiro atoms. The Kier molecular flexibility index (Phi) is 5.23. The van der Waals surface area contributed by atoms with Crippen molar-refractivity contribution in [3.63, 3.8) is 0 Å². The molecule has 0 fully saturated rings. The molecule has 2 aromatic carbocycles. The quantitative estimate of drug-likeness (QED) is 0.509. The second-order valence-corrected chi connectivity index (χ2v) is 6.29. The molecule has 0 radical (unpaired) electrons. The van der Waals surface area contributed by atoms with Crippen LogP contribution in [0.4, 0.5) is 13.2 Å². The lowest BCUT2D eigenvalue weighted by molar-refractivity contribution is -0.137. The Bertz CT molecular complexity index is 641. The van der Waals surface area contributed by atoms with Crippen LogP contribution in [0.2, 0.25) is 5.02 Å². The van der Waals surface area contributed by atoms with Gasteiger partial charge in [0.1, 0.15) is 0 Å². The van der Waals surface area contributed by atoms with E-state index in [0.29, 0.717) is 21.5 Å². The zero-order valence-electron chi connectivity index (χ0n) is 10.6. The fraction of sp³-hybridized carbons (Fsp3) is 0.200. The summed E-state index contributed by atoms with van der Waals surface area (Å²) in [4.78, 5) is 0. The fourth-order valence-electron chi connectivity index (χ4n) is 1.93. The molecule has 1 atom stereocenters. The molecule has 0 heterocycles. The molecular formula is C15H10BrCl2F3. The van der Waals surface area contributed by atoms with Gasteiger partial charge in [-0.2, -0.15) is 13.2 Å². The predicted molar refractivity (Wildman–Crippen MR) is 82.9 cm³/mol. The molecule has 0 aromatic heterocycles. The Hall–Kier alpha value is -0.710. The highest BCUT2D eigenvalue weighted by atomic mass is 79.9. The average Bonchev–Trinajstić information content (AvgIpc) is 2.40. The zero-order valence-corrected chi connectivity index (χ0v) is 13.7. The first-order valence-corrected chi connectivity index (χ1v) is 7.64. The first-order valence-electron chi connectivity index (χ1n) is 6.03. The largest absolute Gasteiger partial charge is 0.416 e. The Morgan fingerprint density at radius 3 is 2.38 bits per heavy atom. The van der Waals surface area contributed by atoms with Crippen LogP contribution in [0, 0.1) is 0 Å². The molecule has 0 nitrogen and oxygen atoms in total. The van der Waals surface area contributed by atoms with Crippen molar-refractivity contribution < 1.29 is 13.2 Å². The van der Waals surface area contributed by atoms with Crippen LogP contribution in [0.15, 0.2) is 46.9 Å². The highest BCUT2D eigenvalue weighted by Gasteiger charge is 2.31. The zero-order chi connectivity index (χ0) is 15.6. The molecule has 6 heteroatoms. The van der Waals surface area contributed by atoms with Crippen LogP contribution in [-0.4, -0.2) is 0 Å². The summed E-state index contributed by atoms with van der Waals surface area (Å²) >= 11 is 15.6. The molecule has 0 aliphatic heterocycles. The lowest BCUT2D eigenvalue weighted by Gasteiger charge is -2.15. The van der Waals surface area contributed by atoms with E-state index in [-0.39, 0.29) is 0 Å². The summed E-state index contributed by atoms with van der Waals surface area (Å²) in [5.41, 5.74) is 0.473. The monoisotopic (exact) mass is 396 g/mol. The molecule has 21 heavy (non-hydrogen) atoms. The Morgan fingerprint density at radius 2 is 1.76 bits per heavy atom. The molecule has 0 bridgehead atoms. The van der Waals surface area contributed by atoms with Crippen LogP contribution in [0.3, 0.4) is 0 Å². The molecule has 0 saturated carbocycles. The molecule has 2 rings (SSSR count). The number of hydrogen-bond acceptors (Lipinski definition) is 0. The van der Waals surface area contributed by atoms with Gasteiger partial charge in [-0.1, -0.05) is 45.7 Å². The summed E-state index contributed by atoms with van der Waals surface area (Å²) < 4.78 is 38.9. The first kappa shape index (κ1) is 16.7. The number of hydrogen-bond donors (Lipinski definition) is 0. The van der Waals surface area contributed by atoms with Gasteiger partial charge < -0.3 is 0 Å². The lowest BCUT2D eigenvalue weighted by Crippen LogP contribution is -2.07. The van der Waals surface area contributed by atoms with Crippen LogP contribution in [0.1, 0.15) is 22.1 Å². The Labute approximate surface area is 139 Å². The Morgan fingerprint density at radius 1 is 1.10 bits per heavy atom. The van der Waals surface area contributed by atoms with Crippen molar-refractivity contribution in [2.45, 2.75) is 18.0 Å². The van der Waals surface area contributed by atoms with Crippen molar-refractivity contribution in [2.75, 3.05) is 0 Å². The minimum absolute atomic E-state index is 0.348. The molecule has 0 aliphatic rings. The van der Waals surface area contributed by atoms with Gasteiger partial charge in [-0.3, -0.25) is 0 Å². The SMILES string of the molecule is FC(F)(F)c1ccc(Br)c(C(Cl)Cc2ccccc2Cl)c1. The molecule has 1 unspecified atom stereocenters. The predicted octanol–water partition coefficient (Wildman–Crippen LogP) is 6.64. The minimum atomic E-state index is -4.39. The number of halogens is 6. The van der Waals surface area contributed by atoms with Crippen molar-refractivity contribution in [3.05, 3.63) is 68.7 Å². The van der Waals surface area contributed by atoms with E-state index >= 15 is 0 Å². The summed E-state index contributed by atoms with van der Waals surface area (Å²) in [6.07, 6.45) is -4.04. The summed E-state index contributed by atoms with van der Waals surface area (Å²) in [7, 11) is 0. The highest BCUT2D eigenvalue weighted by molar-refractivity contribution is 9.10. The van der Waals surface area contributed by atoms with Crippen LogP contribution < -0.4 is 0 Å². The second kappa shape index (κ2) is 6.59. The van der Waals surface area contributed by atoms with E-state index in [0.717, 1.165) is 17.7 Å².